The number of nitrogens with one attached hydrogen (secondary N) is 1. The zero-order valence-corrected chi connectivity index (χ0v) is 13.9. The van der Waals surface area contributed by atoms with Crippen LogP contribution in [0.1, 0.15) is 11.1 Å². The van der Waals surface area contributed by atoms with Crippen molar-refractivity contribution < 1.29 is 18.0 Å². The number of benzene rings is 2. The van der Waals surface area contributed by atoms with Crippen LogP contribution >= 0.6 is 23.2 Å². The molecule has 0 spiro atoms. The van der Waals surface area contributed by atoms with Gasteiger partial charge in [0, 0.05) is 5.69 Å². The third-order valence-corrected chi connectivity index (χ3v) is 3.93. The van der Waals surface area contributed by atoms with Crippen molar-refractivity contribution >= 4 is 40.9 Å². The fourth-order valence-corrected chi connectivity index (χ4v) is 2.27. The molecule has 0 unspecified atom stereocenters. The van der Waals surface area contributed by atoms with Gasteiger partial charge in [-0.05, 0) is 35.9 Å². The summed E-state index contributed by atoms with van der Waals surface area (Å²) >= 11 is 11.8. The first-order valence-corrected chi connectivity index (χ1v) is 7.52. The minimum atomic E-state index is -4.54. The molecule has 128 valence electrons. The predicted octanol–water partition coefficient (Wildman–Crippen LogP) is 5.56. The molecule has 0 aliphatic carbocycles. The maximum Gasteiger partial charge on any atom is 0.416 e. The van der Waals surface area contributed by atoms with Crippen molar-refractivity contribution in [2.45, 2.75) is 6.18 Å². The van der Waals surface area contributed by atoms with Gasteiger partial charge < -0.3 is 5.32 Å². The minimum Gasteiger partial charge on any atom is -0.321 e. The molecule has 2 rings (SSSR count). The normalized spacial score (nSPS) is 11.8. The van der Waals surface area contributed by atoms with Crippen LogP contribution in [0.5, 0.6) is 0 Å². The van der Waals surface area contributed by atoms with Gasteiger partial charge in [-0.2, -0.15) is 18.4 Å². The van der Waals surface area contributed by atoms with Gasteiger partial charge in [-0.25, -0.2) is 0 Å². The van der Waals surface area contributed by atoms with Crippen LogP contribution in [0.4, 0.5) is 18.9 Å². The Kier molecular flexibility index (Phi) is 5.73. The third kappa shape index (κ3) is 4.75. The first-order chi connectivity index (χ1) is 11.7. The number of nitrogens with zero attached hydrogens (tertiary/aromatic N) is 1. The summed E-state index contributed by atoms with van der Waals surface area (Å²) in [6, 6.07) is 10.4. The van der Waals surface area contributed by atoms with Gasteiger partial charge in [0.05, 0.1) is 15.6 Å². The maximum absolute atomic E-state index is 12.7. The second-order valence-corrected chi connectivity index (χ2v) is 5.63. The Balaban J connectivity index is 2.28. The average molecular weight is 385 g/mol. The van der Waals surface area contributed by atoms with E-state index in [0.717, 1.165) is 18.2 Å². The molecule has 25 heavy (non-hydrogen) atoms. The van der Waals surface area contributed by atoms with Crippen LogP contribution in [-0.2, 0) is 11.0 Å². The summed E-state index contributed by atoms with van der Waals surface area (Å²) in [5.41, 5.74) is -0.990. The van der Waals surface area contributed by atoms with E-state index in [9.17, 15) is 18.0 Å². The van der Waals surface area contributed by atoms with Crippen molar-refractivity contribution in [3.05, 3.63) is 69.2 Å². The standard InChI is InChI=1S/C17H9Cl2F3N2O/c18-14-6-1-3-10(15(14)19)7-11(9-23)16(25)24-13-5-2-4-12(8-13)17(20,21)22/h1-8H,(H,24,25)/b11-7-. The molecule has 0 fully saturated rings. The lowest BCUT2D eigenvalue weighted by Crippen LogP contribution is -2.14. The molecule has 0 aliphatic rings. The number of rotatable bonds is 3. The number of carbonyl (C=O) groups is 1. The van der Waals surface area contributed by atoms with Crippen molar-refractivity contribution in [2.75, 3.05) is 5.32 Å². The Morgan fingerprint density at radius 1 is 1.16 bits per heavy atom. The monoisotopic (exact) mass is 384 g/mol. The van der Waals surface area contributed by atoms with E-state index in [4.69, 9.17) is 28.5 Å². The van der Waals surface area contributed by atoms with Crippen LogP contribution in [-0.4, -0.2) is 5.91 Å². The summed E-state index contributed by atoms with van der Waals surface area (Å²) in [6.45, 7) is 0. The Morgan fingerprint density at radius 3 is 2.48 bits per heavy atom. The van der Waals surface area contributed by atoms with Gasteiger partial charge in [-0.15, -0.1) is 0 Å². The molecule has 1 N–H and O–H groups in total. The largest absolute Gasteiger partial charge is 0.416 e. The summed E-state index contributed by atoms with van der Waals surface area (Å²) in [6.07, 6.45) is -3.33. The van der Waals surface area contributed by atoms with Crippen molar-refractivity contribution in [3.63, 3.8) is 0 Å². The molecular weight excluding hydrogens is 376 g/mol. The number of alkyl halides is 3. The van der Waals surface area contributed by atoms with Gasteiger partial charge in [-0.1, -0.05) is 41.4 Å². The highest BCUT2D eigenvalue weighted by molar-refractivity contribution is 6.43. The summed E-state index contributed by atoms with van der Waals surface area (Å²) in [5.74, 6) is -0.863. The van der Waals surface area contributed by atoms with Crippen molar-refractivity contribution in [1.29, 1.82) is 5.26 Å². The Morgan fingerprint density at radius 2 is 1.84 bits per heavy atom. The number of amides is 1. The SMILES string of the molecule is N#C/C(=C/c1cccc(Cl)c1Cl)C(=O)Nc1cccc(C(F)(F)F)c1. The smallest absolute Gasteiger partial charge is 0.321 e. The first-order valence-electron chi connectivity index (χ1n) is 6.77. The Labute approximate surface area is 151 Å². The molecule has 0 heterocycles. The predicted molar refractivity (Wildman–Crippen MR) is 90.1 cm³/mol. The molecule has 0 radical (unpaired) electrons. The lowest BCUT2D eigenvalue weighted by atomic mass is 10.1. The van der Waals surface area contributed by atoms with Gasteiger partial charge in [0.15, 0.2) is 0 Å². The van der Waals surface area contributed by atoms with Gasteiger partial charge in [0.1, 0.15) is 11.6 Å². The van der Waals surface area contributed by atoms with Crippen LogP contribution in [0.25, 0.3) is 6.08 Å². The average Bonchev–Trinajstić information content (AvgIpc) is 2.55. The summed E-state index contributed by atoms with van der Waals surface area (Å²) in [7, 11) is 0. The highest BCUT2D eigenvalue weighted by atomic mass is 35.5. The fraction of sp³-hybridized carbons (Fsp3) is 0.0588. The van der Waals surface area contributed by atoms with E-state index in [1.165, 1.54) is 18.2 Å². The Hall–Kier alpha value is -2.49. The van der Waals surface area contributed by atoms with E-state index < -0.39 is 17.6 Å². The van der Waals surface area contributed by atoms with E-state index in [1.807, 2.05) is 0 Å². The molecule has 1 amide bonds. The second-order valence-electron chi connectivity index (χ2n) is 4.85. The molecule has 0 bridgehead atoms. The van der Waals surface area contributed by atoms with E-state index in [-0.39, 0.29) is 21.3 Å². The highest BCUT2D eigenvalue weighted by Crippen LogP contribution is 2.31. The van der Waals surface area contributed by atoms with Crippen molar-refractivity contribution in [2.24, 2.45) is 0 Å². The van der Waals surface area contributed by atoms with Crippen molar-refractivity contribution in [3.8, 4) is 6.07 Å². The molecule has 3 nitrogen and oxygen atoms in total. The molecular formula is C17H9Cl2F3N2O. The summed E-state index contributed by atoms with van der Waals surface area (Å²) in [5, 5.41) is 11.8. The number of hydrogen-bond acceptors (Lipinski definition) is 2. The number of hydrogen-bond donors (Lipinski definition) is 1. The quantitative estimate of drug-likeness (QED) is 0.556. The molecule has 0 aliphatic heterocycles. The van der Waals surface area contributed by atoms with Crippen molar-refractivity contribution in [1.82, 2.24) is 0 Å². The topological polar surface area (TPSA) is 52.9 Å². The van der Waals surface area contributed by atoms with Gasteiger partial charge in [0.25, 0.3) is 5.91 Å². The molecule has 0 saturated heterocycles. The first kappa shape index (κ1) is 18.8. The maximum atomic E-state index is 12.7. The van der Waals surface area contributed by atoms with Crippen LogP contribution in [0.2, 0.25) is 10.0 Å². The Bertz CT molecular complexity index is 886. The molecule has 0 aromatic heterocycles. The number of anilines is 1. The lowest BCUT2D eigenvalue weighted by Gasteiger charge is -2.09. The fourth-order valence-electron chi connectivity index (χ4n) is 1.91. The molecule has 0 atom stereocenters. The van der Waals surface area contributed by atoms with Gasteiger partial charge >= 0.3 is 6.18 Å². The lowest BCUT2D eigenvalue weighted by molar-refractivity contribution is -0.137. The van der Waals surface area contributed by atoms with Crippen LogP contribution in [0.15, 0.2) is 48.0 Å². The highest BCUT2D eigenvalue weighted by Gasteiger charge is 2.30. The number of halogens is 5. The zero-order chi connectivity index (χ0) is 18.6. The van der Waals surface area contributed by atoms with E-state index >= 15 is 0 Å². The van der Waals surface area contributed by atoms with Crippen LogP contribution in [0, 0.1) is 11.3 Å². The number of nitriles is 1. The molecule has 8 heteroatoms. The molecule has 2 aromatic rings. The van der Waals surface area contributed by atoms with E-state index in [1.54, 1.807) is 18.2 Å². The summed E-state index contributed by atoms with van der Waals surface area (Å²) < 4.78 is 38.1. The van der Waals surface area contributed by atoms with Gasteiger partial charge in [0.2, 0.25) is 0 Å². The van der Waals surface area contributed by atoms with E-state index in [2.05, 4.69) is 5.32 Å². The van der Waals surface area contributed by atoms with Gasteiger partial charge in [-0.3, -0.25) is 4.79 Å². The second kappa shape index (κ2) is 7.60. The number of carbonyl (C=O) groups excluding carboxylic acids is 1. The summed E-state index contributed by atoms with van der Waals surface area (Å²) in [4.78, 5) is 12.1. The van der Waals surface area contributed by atoms with E-state index in [0.29, 0.717) is 5.56 Å². The van der Waals surface area contributed by atoms with Crippen LogP contribution in [0.3, 0.4) is 0 Å². The molecule has 2 aromatic carbocycles. The zero-order valence-electron chi connectivity index (χ0n) is 12.4. The minimum absolute atomic E-state index is 0.0850. The molecule has 0 saturated carbocycles. The third-order valence-electron chi connectivity index (χ3n) is 3.09. The van der Waals surface area contributed by atoms with Crippen LogP contribution < -0.4 is 5.32 Å².